The van der Waals surface area contributed by atoms with Crippen LogP contribution in [0.4, 0.5) is 0 Å². The van der Waals surface area contributed by atoms with Crippen LogP contribution in [-0.2, 0) is 20.5 Å². The summed E-state index contributed by atoms with van der Waals surface area (Å²) in [7, 11) is 3.44. The van der Waals surface area contributed by atoms with Crippen LogP contribution in [0.15, 0.2) is 12.3 Å². The zero-order valence-electron chi connectivity index (χ0n) is 9.94. The smallest absolute Gasteiger partial charge is 0.230 e. The Morgan fingerprint density at radius 2 is 2.12 bits per heavy atom. The van der Waals surface area contributed by atoms with E-state index in [2.05, 4.69) is 10.2 Å². The van der Waals surface area contributed by atoms with Crippen LogP contribution in [0.25, 0.3) is 0 Å². The van der Waals surface area contributed by atoms with Gasteiger partial charge in [0.1, 0.15) is 11.4 Å². The lowest BCUT2D eigenvalue weighted by atomic mass is 10.2. The van der Waals surface area contributed by atoms with E-state index in [1.807, 2.05) is 6.92 Å². The van der Waals surface area contributed by atoms with E-state index in [0.717, 1.165) is 12.1 Å². The van der Waals surface area contributed by atoms with Crippen molar-refractivity contribution >= 4 is 17.4 Å². The van der Waals surface area contributed by atoms with E-state index in [1.165, 1.54) is 10.9 Å². The van der Waals surface area contributed by atoms with Crippen molar-refractivity contribution in [3.05, 3.63) is 34.4 Å². The van der Waals surface area contributed by atoms with Crippen molar-refractivity contribution in [1.29, 1.82) is 0 Å². The Bertz CT molecular complexity index is 551. The molecule has 5 nitrogen and oxygen atoms in total. The van der Waals surface area contributed by atoms with Gasteiger partial charge in [-0.1, -0.05) is 18.5 Å². The van der Waals surface area contributed by atoms with Gasteiger partial charge in [0.25, 0.3) is 0 Å². The molecule has 0 bridgehead atoms. The van der Waals surface area contributed by atoms with E-state index in [1.54, 1.807) is 24.8 Å². The highest BCUT2D eigenvalue weighted by atomic mass is 35.5. The summed E-state index contributed by atoms with van der Waals surface area (Å²) < 4.78 is 3.05. The largest absolute Gasteiger partial charge is 0.285 e. The van der Waals surface area contributed by atoms with Crippen molar-refractivity contribution in [3.63, 3.8) is 0 Å². The second kappa shape index (κ2) is 4.33. The number of rotatable bonds is 3. The third kappa shape index (κ3) is 1.98. The molecule has 2 aromatic rings. The molecule has 0 aliphatic rings. The minimum Gasteiger partial charge on any atom is -0.285 e. The lowest BCUT2D eigenvalue weighted by molar-refractivity contribution is 0.102. The molecule has 90 valence electrons. The Hall–Kier alpha value is -1.62. The predicted octanol–water partition coefficient (Wildman–Crippen LogP) is 1.60. The molecule has 0 atom stereocenters. The Morgan fingerprint density at radius 1 is 1.41 bits per heavy atom. The molecule has 0 saturated carbocycles. The first-order valence-electron chi connectivity index (χ1n) is 5.29. The van der Waals surface area contributed by atoms with Gasteiger partial charge < -0.3 is 0 Å². The number of ketones is 1. The molecule has 0 aliphatic carbocycles. The minimum absolute atomic E-state index is 0.162. The maximum atomic E-state index is 12.3. The number of nitrogens with zero attached hydrogens (tertiary/aromatic N) is 4. The van der Waals surface area contributed by atoms with E-state index in [4.69, 9.17) is 11.6 Å². The summed E-state index contributed by atoms with van der Waals surface area (Å²) in [5.41, 5.74) is 1.79. The molecule has 2 heterocycles. The van der Waals surface area contributed by atoms with E-state index in [0.29, 0.717) is 16.4 Å². The Kier molecular flexibility index (Phi) is 3.02. The molecular formula is C11H13ClN4O. The van der Waals surface area contributed by atoms with Crippen LogP contribution in [0.3, 0.4) is 0 Å². The van der Waals surface area contributed by atoms with Gasteiger partial charge in [-0.2, -0.15) is 10.2 Å². The maximum Gasteiger partial charge on any atom is 0.230 e. The summed E-state index contributed by atoms with van der Waals surface area (Å²) >= 11 is 5.95. The Morgan fingerprint density at radius 3 is 2.59 bits per heavy atom. The quantitative estimate of drug-likeness (QED) is 0.780. The second-order valence-corrected chi connectivity index (χ2v) is 4.20. The van der Waals surface area contributed by atoms with Gasteiger partial charge >= 0.3 is 0 Å². The molecule has 0 aromatic carbocycles. The highest BCUT2D eigenvalue weighted by molar-refractivity contribution is 6.34. The summed E-state index contributed by atoms with van der Waals surface area (Å²) in [5.74, 6) is -0.162. The van der Waals surface area contributed by atoms with Crippen LogP contribution >= 0.6 is 11.6 Å². The zero-order valence-corrected chi connectivity index (χ0v) is 10.7. The van der Waals surface area contributed by atoms with Gasteiger partial charge in [-0.15, -0.1) is 0 Å². The molecule has 0 N–H and O–H groups in total. The number of aryl methyl sites for hydroxylation is 3. The van der Waals surface area contributed by atoms with Crippen molar-refractivity contribution in [2.24, 2.45) is 14.1 Å². The van der Waals surface area contributed by atoms with Crippen LogP contribution in [0.2, 0.25) is 5.02 Å². The number of hydrogen-bond donors (Lipinski definition) is 0. The number of halogens is 1. The summed E-state index contributed by atoms with van der Waals surface area (Å²) in [4.78, 5) is 12.3. The predicted molar refractivity (Wildman–Crippen MR) is 64.2 cm³/mol. The monoisotopic (exact) mass is 252 g/mol. The SMILES string of the molecule is CCc1cc(C(=O)c2c(Cl)cnn2C)n(C)n1. The fraction of sp³-hybridized carbons (Fsp3) is 0.364. The molecule has 0 radical (unpaired) electrons. The topological polar surface area (TPSA) is 52.7 Å². The highest BCUT2D eigenvalue weighted by Gasteiger charge is 2.21. The van der Waals surface area contributed by atoms with E-state index in [9.17, 15) is 4.79 Å². The first-order chi connectivity index (χ1) is 8.04. The molecule has 17 heavy (non-hydrogen) atoms. The first-order valence-corrected chi connectivity index (χ1v) is 5.67. The van der Waals surface area contributed by atoms with E-state index in [-0.39, 0.29) is 5.78 Å². The number of carbonyl (C=O) groups excluding carboxylic acids is 1. The van der Waals surface area contributed by atoms with Gasteiger partial charge in [0.2, 0.25) is 5.78 Å². The van der Waals surface area contributed by atoms with Crippen LogP contribution in [0, 0.1) is 0 Å². The van der Waals surface area contributed by atoms with Gasteiger partial charge in [0.05, 0.1) is 16.9 Å². The number of hydrogen-bond acceptors (Lipinski definition) is 3. The molecule has 0 aliphatic heterocycles. The molecule has 0 unspecified atom stereocenters. The van der Waals surface area contributed by atoms with E-state index >= 15 is 0 Å². The molecule has 2 aromatic heterocycles. The molecule has 6 heteroatoms. The van der Waals surface area contributed by atoms with E-state index < -0.39 is 0 Å². The Labute approximate surface area is 104 Å². The summed E-state index contributed by atoms with van der Waals surface area (Å²) in [5, 5.41) is 8.55. The summed E-state index contributed by atoms with van der Waals surface area (Å²) in [6.07, 6.45) is 2.26. The van der Waals surface area contributed by atoms with Gasteiger partial charge in [0.15, 0.2) is 0 Å². The molecule has 0 spiro atoms. The van der Waals surface area contributed by atoms with Crippen LogP contribution in [-0.4, -0.2) is 25.3 Å². The maximum absolute atomic E-state index is 12.3. The third-order valence-corrected chi connectivity index (χ3v) is 2.91. The fourth-order valence-electron chi connectivity index (χ4n) is 1.70. The number of carbonyl (C=O) groups is 1. The highest BCUT2D eigenvalue weighted by Crippen LogP contribution is 2.18. The standard InChI is InChI=1S/C11H13ClN4O/c1-4-7-5-9(15(2)14-7)11(17)10-8(12)6-13-16(10)3/h5-6H,4H2,1-3H3. The summed E-state index contributed by atoms with van der Waals surface area (Å²) in [6.45, 7) is 1.99. The third-order valence-electron chi connectivity index (χ3n) is 2.63. The van der Waals surface area contributed by atoms with Crippen molar-refractivity contribution in [2.45, 2.75) is 13.3 Å². The van der Waals surface area contributed by atoms with Crippen molar-refractivity contribution in [3.8, 4) is 0 Å². The number of aromatic nitrogens is 4. The van der Waals surface area contributed by atoms with Gasteiger partial charge in [-0.05, 0) is 12.5 Å². The Balaban J connectivity index is 2.47. The molecule has 0 saturated heterocycles. The average molecular weight is 253 g/mol. The normalized spacial score (nSPS) is 10.8. The zero-order chi connectivity index (χ0) is 12.6. The van der Waals surface area contributed by atoms with Crippen molar-refractivity contribution in [2.75, 3.05) is 0 Å². The van der Waals surface area contributed by atoms with Crippen LogP contribution < -0.4 is 0 Å². The van der Waals surface area contributed by atoms with Gasteiger partial charge in [-0.3, -0.25) is 14.2 Å². The minimum atomic E-state index is -0.162. The molecular weight excluding hydrogens is 240 g/mol. The van der Waals surface area contributed by atoms with Crippen LogP contribution in [0.1, 0.15) is 28.8 Å². The van der Waals surface area contributed by atoms with Crippen LogP contribution in [0.5, 0.6) is 0 Å². The lowest BCUT2D eigenvalue weighted by Crippen LogP contribution is -2.12. The first kappa shape index (κ1) is 11.9. The lowest BCUT2D eigenvalue weighted by Gasteiger charge is -2.02. The summed E-state index contributed by atoms with van der Waals surface area (Å²) in [6, 6.07) is 1.78. The molecule has 0 fully saturated rings. The van der Waals surface area contributed by atoms with Gasteiger partial charge in [-0.25, -0.2) is 0 Å². The van der Waals surface area contributed by atoms with Crippen molar-refractivity contribution < 1.29 is 4.79 Å². The molecule has 2 rings (SSSR count). The molecule has 0 amide bonds. The second-order valence-electron chi connectivity index (χ2n) is 3.79. The van der Waals surface area contributed by atoms with Crippen molar-refractivity contribution in [1.82, 2.24) is 19.6 Å². The van der Waals surface area contributed by atoms with Gasteiger partial charge in [0, 0.05) is 14.1 Å². The average Bonchev–Trinajstić information content (AvgIpc) is 2.82. The fourth-order valence-corrected chi connectivity index (χ4v) is 1.95.